The molecule has 0 atom stereocenters. The van der Waals surface area contributed by atoms with Gasteiger partial charge >= 0.3 is 0 Å². The zero-order chi connectivity index (χ0) is 25.9. The Hall–Kier alpha value is -2.84. The molecule has 36 heavy (non-hydrogen) atoms. The Morgan fingerprint density at radius 2 is 1.64 bits per heavy atom. The molecule has 0 fully saturated rings. The summed E-state index contributed by atoms with van der Waals surface area (Å²) in [5.74, 6) is -0.678. The van der Waals surface area contributed by atoms with E-state index in [9.17, 15) is 13.2 Å². The Morgan fingerprint density at radius 3 is 2.42 bits per heavy atom. The van der Waals surface area contributed by atoms with Crippen molar-refractivity contribution in [2.75, 3.05) is 7.11 Å². The molecular formula is C27H20BrCl2NO4S. The number of sulfonamides is 1. The van der Waals surface area contributed by atoms with Gasteiger partial charge in [-0.2, -0.15) is 0 Å². The van der Waals surface area contributed by atoms with Crippen molar-refractivity contribution in [3.8, 4) is 5.75 Å². The van der Waals surface area contributed by atoms with Gasteiger partial charge in [-0.25, -0.2) is 13.1 Å². The van der Waals surface area contributed by atoms with E-state index >= 15 is 0 Å². The van der Waals surface area contributed by atoms with Gasteiger partial charge in [-0.15, -0.1) is 0 Å². The maximum Gasteiger partial charge on any atom is 0.268 e. The second-order valence-corrected chi connectivity index (χ2v) is 11.4. The number of hydrogen-bond donors (Lipinski definition) is 1. The highest BCUT2D eigenvalue weighted by Gasteiger charge is 2.21. The monoisotopic (exact) mass is 603 g/mol. The molecule has 0 heterocycles. The second kappa shape index (κ2) is 11.0. The summed E-state index contributed by atoms with van der Waals surface area (Å²) in [6.07, 6.45) is 3.30. The molecule has 184 valence electrons. The van der Waals surface area contributed by atoms with Crippen molar-refractivity contribution in [3.05, 3.63) is 110 Å². The lowest BCUT2D eigenvalue weighted by Crippen LogP contribution is -2.29. The van der Waals surface area contributed by atoms with E-state index in [4.69, 9.17) is 27.9 Å². The fourth-order valence-electron chi connectivity index (χ4n) is 3.73. The fourth-order valence-corrected chi connectivity index (χ4v) is 5.74. The Labute approximate surface area is 227 Å². The first kappa shape index (κ1) is 26.2. The number of carbonyl (C=O) groups excluding carboxylic acids is 1. The van der Waals surface area contributed by atoms with Crippen LogP contribution in [0.5, 0.6) is 5.75 Å². The summed E-state index contributed by atoms with van der Waals surface area (Å²) in [4.78, 5) is 12.4. The smallest absolute Gasteiger partial charge is 0.268 e. The molecule has 0 spiro atoms. The number of benzene rings is 4. The Morgan fingerprint density at radius 1 is 0.944 bits per heavy atom. The molecule has 4 aromatic carbocycles. The standard InChI is InChI=1S/C27H20BrCl2NO4S/c1-35-25-10-7-22(28)16-26(25)36(33,34)31-27(32)11-6-21-15-24(30)9-5-19(21)13-17-2-3-20-14-23(29)8-4-18(20)12-17/h2-12,14-16H,13H2,1H3,(H,31,32). The number of nitrogens with one attached hydrogen (secondary N) is 1. The zero-order valence-corrected chi connectivity index (χ0v) is 22.9. The van der Waals surface area contributed by atoms with Gasteiger partial charge in [0.05, 0.1) is 7.11 Å². The van der Waals surface area contributed by atoms with Gasteiger partial charge in [0.1, 0.15) is 10.6 Å². The van der Waals surface area contributed by atoms with E-state index in [1.165, 1.54) is 25.3 Å². The molecule has 0 aliphatic carbocycles. The number of hydrogen-bond acceptors (Lipinski definition) is 4. The van der Waals surface area contributed by atoms with Crippen molar-refractivity contribution in [2.45, 2.75) is 11.3 Å². The number of ether oxygens (including phenoxy) is 1. The summed E-state index contributed by atoms with van der Waals surface area (Å²) >= 11 is 15.5. The van der Waals surface area contributed by atoms with Gasteiger partial charge in [0.25, 0.3) is 15.9 Å². The predicted molar refractivity (Wildman–Crippen MR) is 148 cm³/mol. The zero-order valence-electron chi connectivity index (χ0n) is 19.0. The minimum absolute atomic E-state index is 0.122. The fraction of sp³-hybridized carbons (Fsp3) is 0.0741. The minimum Gasteiger partial charge on any atom is -0.495 e. The highest BCUT2D eigenvalue weighted by atomic mass is 79.9. The van der Waals surface area contributed by atoms with Crippen LogP contribution in [0.4, 0.5) is 0 Å². The van der Waals surface area contributed by atoms with Crippen LogP contribution < -0.4 is 9.46 Å². The maximum atomic E-state index is 12.8. The van der Waals surface area contributed by atoms with Gasteiger partial charge < -0.3 is 4.74 Å². The van der Waals surface area contributed by atoms with Crippen molar-refractivity contribution in [2.24, 2.45) is 0 Å². The lowest BCUT2D eigenvalue weighted by atomic mass is 9.97. The van der Waals surface area contributed by atoms with Crippen molar-refractivity contribution in [1.82, 2.24) is 4.72 Å². The van der Waals surface area contributed by atoms with E-state index in [0.29, 0.717) is 26.5 Å². The summed E-state index contributed by atoms with van der Waals surface area (Å²) < 4.78 is 33.3. The van der Waals surface area contributed by atoms with E-state index in [2.05, 4.69) is 26.7 Å². The number of halogens is 3. The van der Waals surface area contributed by atoms with Gasteiger partial charge in [0.2, 0.25) is 0 Å². The summed E-state index contributed by atoms with van der Waals surface area (Å²) in [6.45, 7) is 0. The van der Waals surface area contributed by atoms with Crippen molar-refractivity contribution in [3.63, 3.8) is 0 Å². The second-order valence-electron chi connectivity index (χ2n) is 7.94. The first-order valence-corrected chi connectivity index (χ1v) is 13.7. The van der Waals surface area contributed by atoms with Crippen LogP contribution in [0.15, 0.2) is 88.2 Å². The molecule has 0 saturated carbocycles. The third-order valence-corrected chi connectivity index (χ3v) is 7.77. The molecule has 4 aromatic rings. The highest BCUT2D eigenvalue weighted by molar-refractivity contribution is 9.10. The number of fused-ring (bicyclic) bond motifs is 1. The topological polar surface area (TPSA) is 72.5 Å². The van der Waals surface area contributed by atoms with Crippen LogP contribution in [0.1, 0.15) is 16.7 Å². The molecule has 4 rings (SSSR count). The first-order chi connectivity index (χ1) is 17.1. The van der Waals surface area contributed by atoms with E-state index in [1.54, 1.807) is 24.3 Å². The van der Waals surface area contributed by atoms with Crippen LogP contribution in [0.25, 0.3) is 16.8 Å². The largest absolute Gasteiger partial charge is 0.495 e. The van der Waals surface area contributed by atoms with Crippen LogP contribution in [-0.4, -0.2) is 21.4 Å². The molecule has 0 unspecified atom stereocenters. The van der Waals surface area contributed by atoms with Crippen LogP contribution in [0.3, 0.4) is 0 Å². The van der Waals surface area contributed by atoms with E-state index in [-0.39, 0.29) is 10.6 Å². The quantitative estimate of drug-likeness (QED) is 0.230. The number of rotatable bonds is 7. The number of amides is 1. The number of carbonyl (C=O) groups is 1. The maximum absolute atomic E-state index is 12.8. The minimum atomic E-state index is -4.16. The van der Waals surface area contributed by atoms with Gasteiger partial charge in [-0.1, -0.05) is 69.5 Å². The molecule has 9 heteroatoms. The molecule has 0 aliphatic heterocycles. The Balaban J connectivity index is 1.56. The summed E-state index contributed by atoms with van der Waals surface area (Å²) in [5.41, 5.74) is 2.69. The Kier molecular flexibility index (Phi) is 8.05. The molecule has 0 aromatic heterocycles. The molecule has 1 N–H and O–H groups in total. The highest BCUT2D eigenvalue weighted by Crippen LogP contribution is 2.28. The SMILES string of the molecule is COc1ccc(Br)cc1S(=O)(=O)NC(=O)C=Cc1cc(Cl)ccc1Cc1ccc2cc(Cl)ccc2c1. The molecule has 1 amide bonds. The molecular weight excluding hydrogens is 585 g/mol. The van der Waals surface area contributed by atoms with Crippen molar-refractivity contribution < 1.29 is 17.9 Å². The van der Waals surface area contributed by atoms with Gasteiger partial charge in [0.15, 0.2) is 0 Å². The van der Waals surface area contributed by atoms with Crippen LogP contribution in [0.2, 0.25) is 10.0 Å². The summed E-state index contributed by atoms with van der Waals surface area (Å²) in [7, 11) is -2.80. The van der Waals surface area contributed by atoms with Crippen LogP contribution in [0, 0.1) is 0 Å². The predicted octanol–water partition coefficient (Wildman–Crippen LogP) is 7.03. The van der Waals surface area contributed by atoms with Crippen molar-refractivity contribution >= 4 is 71.9 Å². The first-order valence-electron chi connectivity index (χ1n) is 10.7. The normalized spacial score (nSPS) is 11.7. The van der Waals surface area contributed by atoms with Gasteiger partial charge in [-0.3, -0.25) is 4.79 Å². The van der Waals surface area contributed by atoms with E-state index in [0.717, 1.165) is 21.9 Å². The van der Waals surface area contributed by atoms with Crippen LogP contribution in [-0.2, 0) is 21.2 Å². The molecule has 0 bridgehead atoms. The molecule has 0 radical (unpaired) electrons. The average Bonchev–Trinajstić information content (AvgIpc) is 2.84. The lowest BCUT2D eigenvalue weighted by molar-refractivity contribution is -0.114. The van der Waals surface area contributed by atoms with Gasteiger partial charge in [0, 0.05) is 20.6 Å². The molecule has 0 saturated heterocycles. The van der Waals surface area contributed by atoms with Gasteiger partial charge in [-0.05, 0) is 82.4 Å². The molecule has 5 nitrogen and oxygen atoms in total. The van der Waals surface area contributed by atoms with Crippen molar-refractivity contribution in [1.29, 1.82) is 0 Å². The average molecular weight is 605 g/mol. The number of methoxy groups -OCH3 is 1. The summed E-state index contributed by atoms with van der Waals surface area (Å²) in [5, 5.41) is 3.29. The molecule has 0 aliphatic rings. The van der Waals surface area contributed by atoms with E-state index < -0.39 is 15.9 Å². The third-order valence-electron chi connectivity index (χ3n) is 5.43. The third kappa shape index (κ3) is 6.28. The Bertz CT molecular complexity index is 1600. The lowest BCUT2D eigenvalue weighted by Gasteiger charge is -2.10. The van der Waals surface area contributed by atoms with Crippen LogP contribution >= 0.6 is 39.1 Å². The summed E-state index contributed by atoms with van der Waals surface area (Å²) in [6, 6.07) is 21.7. The van der Waals surface area contributed by atoms with E-state index in [1.807, 2.05) is 36.4 Å².